The lowest BCUT2D eigenvalue weighted by Gasteiger charge is -2.33. The smallest absolute Gasteiger partial charge is 0.358 e. The number of likely N-dealkylation sites (tertiary alicyclic amines) is 1. The highest BCUT2D eigenvalue weighted by molar-refractivity contribution is 5.86. The Kier molecular flexibility index (Phi) is 5.92. The summed E-state index contributed by atoms with van der Waals surface area (Å²) in [7, 11) is 1.33. The molecule has 1 saturated heterocycles. The van der Waals surface area contributed by atoms with E-state index in [0.29, 0.717) is 11.9 Å². The van der Waals surface area contributed by atoms with E-state index >= 15 is 0 Å². The van der Waals surface area contributed by atoms with Crippen molar-refractivity contribution in [1.82, 2.24) is 15.1 Å². The molecule has 1 N–H and O–H groups in total. The van der Waals surface area contributed by atoms with Gasteiger partial charge in [0.2, 0.25) is 0 Å². The third kappa shape index (κ3) is 4.67. The van der Waals surface area contributed by atoms with Crippen molar-refractivity contribution < 1.29 is 9.53 Å². The zero-order chi connectivity index (χ0) is 15.1. The Bertz CT molecular complexity index is 449. The molecule has 6 nitrogen and oxygen atoms in total. The van der Waals surface area contributed by atoms with Crippen molar-refractivity contribution in [3.05, 3.63) is 17.8 Å². The summed E-state index contributed by atoms with van der Waals surface area (Å²) in [5.74, 6) is 0.225. The molecule has 2 rings (SSSR count). The van der Waals surface area contributed by atoms with E-state index in [4.69, 9.17) is 0 Å². The average Bonchev–Trinajstić information content (AvgIpc) is 2.53. The number of piperidine rings is 1. The van der Waals surface area contributed by atoms with Gasteiger partial charge in [0, 0.05) is 19.1 Å². The van der Waals surface area contributed by atoms with Gasteiger partial charge in [-0.1, -0.05) is 6.42 Å². The minimum absolute atomic E-state index is 0.227. The fraction of sp³-hybridized carbons (Fsp3) is 0.667. The molecule has 0 saturated carbocycles. The van der Waals surface area contributed by atoms with Crippen LogP contribution < -0.4 is 5.32 Å². The van der Waals surface area contributed by atoms with Gasteiger partial charge in [-0.25, -0.2) is 4.79 Å². The third-order valence-corrected chi connectivity index (χ3v) is 3.93. The summed E-state index contributed by atoms with van der Waals surface area (Å²) >= 11 is 0. The number of anilines is 1. The molecule has 0 spiro atoms. The van der Waals surface area contributed by atoms with E-state index in [2.05, 4.69) is 32.1 Å². The zero-order valence-corrected chi connectivity index (χ0v) is 12.8. The maximum atomic E-state index is 11.2. The summed E-state index contributed by atoms with van der Waals surface area (Å²) in [5, 5.41) is 11.0. The van der Waals surface area contributed by atoms with E-state index in [0.717, 1.165) is 19.5 Å². The molecule has 2 heterocycles. The van der Waals surface area contributed by atoms with Crippen molar-refractivity contribution in [2.45, 2.75) is 38.6 Å². The number of hydrogen-bond acceptors (Lipinski definition) is 6. The molecule has 0 radical (unpaired) electrons. The molecule has 0 aromatic carbocycles. The van der Waals surface area contributed by atoms with Crippen LogP contribution in [0.5, 0.6) is 0 Å². The first-order chi connectivity index (χ1) is 10.2. The van der Waals surface area contributed by atoms with Crippen molar-refractivity contribution in [2.24, 2.45) is 0 Å². The van der Waals surface area contributed by atoms with Crippen LogP contribution in [0.1, 0.15) is 43.1 Å². The number of ether oxygens (including phenoxy) is 1. The van der Waals surface area contributed by atoms with Crippen LogP contribution in [-0.2, 0) is 4.74 Å². The van der Waals surface area contributed by atoms with Crippen molar-refractivity contribution in [3.8, 4) is 0 Å². The van der Waals surface area contributed by atoms with Crippen molar-refractivity contribution in [2.75, 3.05) is 32.1 Å². The van der Waals surface area contributed by atoms with Crippen LogP contribution in [0, 0.1) is 0 Å². The minimum Gasteiger partial charge on any atom is -0.464 e. The number of carbonyl (C=O) groups is 1. The SMILES string of the molecule is COC(=O)c1ccc(NCCCN2CCCCC2C)nn1. The normalized spacial score (nSPS) is 19.2. The summed E-state index contributed by atoms with van der Waals surface area (Å²) in [6.45, 7) is 5.50. The van der Waals surface area contributed by atoms with Gasteiger partial charge in [-0.05, 0) is 44.9 Å². The van der Waals surface area contributed by atoms with Gasteiger partial charge in [-0.3, -0.25) is 0 Å². The number of nitrogens with zero attached hydrogens (tertiary/aromatic N) is 3. The van der Waals surface area contributed by atoms with Crippen LogP contribution in [0.2, 0.25) is 0 Å². The predicted molar refractivity (Wildman–Crippen MR) is 81.4 cm³/mol. The van der Waals surface area contributed by atoms with Crippen LogP contribution in [0.25, 0.3) is 0 Å². The molecule has 1 aromatic rings. The highest BCUT2D eigenvalue weighted by Gasteiger charge is 2.17. The second-order valence-electron chi connectivity index (χ2n) is 5.46. The lowest BCUT2D eigenvalue weighted by atomic mass is 10.0. The molecule has 6 heteroatoms. The molecule has 1 fully saturated rings. The molecule has 1 aliphatic heterocycles. The molecular formula is C15H24N4O2. The van der Waals surface area contributed by atoms with Crippen LogP contribution in [0.3, 0.4) is 0 Å². The molecule has 116 valence electrons. The van der Waals surface area contributed by atoms with E-state index in [-0.39, 0.29) is 5.69 Å². The summed E-state index contributed by atoms with van der Waals surface area (Å²) in [6, 6.07) is 4.08. The molecule has 0 amide bonds. The summed E-state index contributed by atoms with van der Waals surface area (Å²) < 4.78 is 4.58. The van der Waals surface area contributed by atoms with E-state index in [9.17, 15) is 4.79 Å². The van der Waals surface area contributed by atoms with Gasteiger partial charge in [0.05, 0.1) is 7.11 Å². The summed E-state index contributed by atoms with van der Waals surface area (Å²) in [4.78, 5) is 13.8. The quantitative estimate of drug-likeness (QED) is 0.638. The maximum absolute atomic E-state index is 11.2. The highest BCUT2D eigenvalue weighted by Crippen LogP contribution is 2.16. The molecule has 1 aromatic heterocycles. The largest absolute Gasteiger partial charge is 0.464 e. The van der Waals surface area contributed by atoms with Gasteiger partial charge in [-0.2, -0.15) is 0 Å². The molecule has 0 aliphatic carbocycles. The highest BCUT2D eigenvalue weighted by atomic mass is 16.5. The average molecular weight is 292 g/mol. The van der Waals surface area contributed by atoms with Crippen molar-refractivity contribution in [1.29, 1.82) is 0 Å². The molecular weight excluding hydrogens is 268 g/mol. The van der Waals surface area contributed by atoms with Gasteiger partial charge in [0.15, 0.2) is 5.69 Å². The lowest BCUT2D eigenvalue weighted by molar-refractivity contribution is 0.0593. The summed E-state index contributed by atoms with van der Waals surface area (Å²) in [6.07, 6.45) is 5.06. The molecule has 1 atom stereocenters. The Balaban J connectivity index is 1.69. The monoisotopic (exact) mass is 292 g/mol. The Morgan fingerprint density at radius 1 is 1.43 bits per heavy atom. The molecule has 21 heavy (non-hydrogen) atoms. The lowest BCUT2D eigenvalue weighted by Crippen LogP contribution is -2.38. The fourth-order valence-electron chi connectivity index (χ4n) is 2.63. The Labute approximate surface area is 125 Å². The van der Waals surface area contributed by atoms with Gasteiger partial charge in [-0.15, -0.1) is 10.2 Å². The van der Waals surface area contributed by atoms with E-state index in [1.165, 1.54) is 32.9 Å². The molecule has 0 bridgehead atoms. The van der Waals surface area contributed by atoms with Gasteiger partial charge in [0.1, 0.15) is 5.82 Å². The number of nitrogens with one attached hydrogen (secondary N) is 1. The number of hydrogen-bond donors (Lipinski definition) is 1. The first kappa shape index (κ1) is 15.7. The Morgan fingerprint density at radius 2 is 2.29 bits per heavy atom. The third-order valence-electron chi connectivity index (χ3n) is 3.93. The number of carbonyl (C=O) groups excluding carboxylic acids is 1. The summed E-state index contributed by atoms with van der Waals surface area (Å²) in [5.41, 5.74) is 0.227. The maximum Gasteiger partial charge on any atom is 0.358 e. The van der Waals surface area contributed by atoms with E-state index in [1.807, 2.05) is 0 Å². The van der Waals surface area contributed by atoms with Crippen LogP contribution >= 0.6 is 0 Å². The predicted octanol–water partition coefficient (Wildman–Crippen LogP) is 1.94. The van der Waals surface area contributed by atoms with Gasteiger partial charge < -0.3 is 15.0 Å². The number of aromatic nitrogens is 2. The standard InChI is InChI=1S/C15H24N4O2/c1-12-6-3-4-10-19(12)11-5-9-16-14-8-7-13(17-18-14)15(20)21-2/h7-8,12H,3-6,9-11H2,1-2H3,(H,16,18). The van der Waals surface area contributed by atoms with Crippen molar-refractivity contribution in [3.63, 3.8) is 0 Å². The van der Waals surface area contributed by atoms with Crippen molar-refractivity contribution >= 4 is 11.8 Å². The van der Waals surface area contributed by atoms with Gasteiger partial charge in [0.25, 0.3) is 0 Å². The Morgan fingerprint density at radius 3 is 2.95 bits per heavy atom. The second-order valence-corrected chi connectivity index (χ2v) is 5.46. The number of rotatable bonds is 6. The Hall–Kier alpha value is -1.69. The van der Waals surface area contributed by atoms with Crippen LogP contribution in [0.4, 0.5) is 5.82 Å². The van der Waals surface area contributed by atoms with E-state index in [1.54, 1.807) is 12.1 Å². The number of esters is 1. The minimum atomic E-state index is -0.465. The number of methoxy groups -OCH3 is 1. The first-order valence-corrected chi connectivity index (χ1v) is 7.60. The molecule has 1 unspecified atom stereocenters. The molecule has 1 aliphatic rings. The second kappa shape index (κ2) is 7.93. The topological polar surface area (TPSA) is 67.3 Å². The van der Waals surface area contributed by atoms with Gasteiger partial charge >= 0.3 is 5.97 Å². The van der Waals surface area contributed by atoms with E-state index < -0.39 is 5.97 Å². The zero-order valence-electron chi connectivity index (χ0n) is 12.8. The first-order valence-electron chi connectivity index (χ1n) is 7.60. The van der Waals surface area contributed by atoms with Crippen LogP contribution in [0.15, 0.2) is 12.1 Å². The van der Waals surface area contributed by atoms with Crippen LogP contribution in [-0.4, -0.2) is 53.9 Å². The fourth-order valence-corrected chi connectivity index (χ4v) is 2.63.